The summed E-state index contributed by atoms with van der Waals surface area (Å²) in [6.07, 6.45) is 2.92. The summed E-state index contributed by atoms with van der Waals surface area (Å²) in [4.78, 5) is 11.5. The van der Waals surface area contributed by atoms with Crippen LogP contribution in [0.2, 0.25) is 0 Å². The van der Waals surface area contributed by atoms with Gasteiger partial charge in [-0.25, -0.2) is 4.57 Å². The van der Waals surface area contributed by atoms with Crippen LogP contribution in [0.1, 0.15) is 56.7 Å². The number of aryl methyl sites for hydroxylation is 2. The Kier molecular flexibility index (Phi) is 8.21. The summed E-state index contributed by atoms with van der Waals surface area (Å²) in [5.74, 6) is 0.981. The van der Waals surface area contributed by atoms with Gasteiger partial charge in [0.25, 0.3) is 0 Å². The molecule has 0 aliphatic carbocycles. The fourth-order valence-electron chi connectivity index (χ4n) is 4.41. The second kappa shape index (κ2) is 11.4. The monoisotopic (exact) mass is 520 g/mol. The number of hydrogen-bond acceptors (Lipinski definition) is 6. The quantitative estimate of drug-likeness (QED) is 0.119. The van der Waals surface area contributed by atoms with Crippen molar-refractivity contribution in [1.82, 2.24) is 0 Å². The number of fused-ring (bicyclic) bond motifs is 3. The van der Waals surface area contributed by atoms with E-state index >= 15 is 0 Å². The summed E-state index contributed by atoms with van der Waals surface area (Å²) in [5, 5.41) is 0.352. The maximum atomic E-state index is 14.4. The first-order valence-electron chi connectivity index (χ1n) is 12.6. The molecule has 1 aliphatic rings. The fraction of sp³-hybridized carbons (Fsp3) is 0.300. The zero-order valence-corrected chi connectivity index (χ0v) is 22.7. The first-order valence-corrected chi connectivity index (χ1v) is 14.1. The van der Waals surface area contributed by atoms with Crippen molar-refractivity contribution in [2.45, 2.75) is 59.7 Å². The van der Waals surface area contributed by atoms with Crippen LogP contribution in [0.25, 0.3) is 16.9 Å². The van der Waals surface area contributed by atoms with E-state index in [9.17, 15) is 9.36 Å². The van der Waals surface area contributed by atoms with Crippen LogP contribution in [0.5, 0.6) is 11.5 Å². The average Bonchev–Trinajstić information content (AvgIpc) is 2.83. The molecule has 0 radical (unpaired) electrons. The molecule has 2 atom stereocenters. The van der Waals surface area contributed by atoms with Gasteiger partial charge in [-0.15, -0.1) is 0 Å². The second-order valence-corrected chi connectivity index (χ2v) is 11.1. The smallest absolute Gasteiger partial charge is 0.413 e. The molecule has 6 nitrogen and oxygen atoms in total. The topological polar surface area (TPSA) is 71.1 Å². The number of esters is 1. The normalized spacial score (nSPS) is 14.5. The Balaban J connectivity index is 1.86. The predicted molar refractivity (Wildman–Crippen MR) is 146 cm³/mol. The van der Waals surface area contributed by atoms with Crippen molar-refractivity contribution in [3.63, 3.8) is 0 Å². The molecule has 0 saturated heterocycles. The zero-order valence-electron chi connectivity index (χ0n) is 21.8. The standard InChI is InChI=1S/C30H33O6P/c1-6-7-9-12-24-18-28-30(27-17-20(2)15-16-26(27)21(3)33-28)29(19-24)36-37(32,25-13-10-8-11-14-25)35-23(5)34-22(4)31/h8,10-11,13-19,23H,3,6-7,9,12H2,1-2,4-5H3. The highest BCUT2D eigenvalue weighted by molar-refractivity contribution is 7.62. The Bertz CT molecular complexity index is 1350. The molecule has 1 heterocycles. The first-order chi connectivity index (χ1) is 17.7. The lowest BCUT2D eigenvalue weighted by Gasteiger charge is -2.28. The number of benzene rings is 3. The number of carbonyl (C=O) groups excluding carboxylic acids is 1. The molecule has 0 saturated carbocycles. The molecule has 0 bridgehead atoms. The average molecular weight is 521 g/mol. The summed E-state index contributed by atoms with van der Waals surface area (Å²) < 4.78 is 37.9. The van der Waals surface area contributed by atoms with E-state index in [-0.39, 0.29) is 0 Å². The van der Waals surface area contributed by atoms with Crippen LogP contribution in [-0.2, 0) is 25.0 Å². The molecular formula is C30H33O6P. The van der Waals surface area contributed by atoms with Crippen molar-refractivity contribution in [2.24, 2.45) is 0 Å². The van der Waals surface area contributed by atoms with Crippen molar-refractivity contribution in [2.75, 3.05) is 0 Å². The lowest BCUT2D eigenvalue weighted by molar-refractivity contribution is -0.158. The molecule has 37 heavy (non-hydrogen) atoms. The molecule has 0 N–H and O–H groups in total. The number of ether oxygens (including phenoxy) is 2. The fourth-order valence-corrected chi connectivity index (χ4v) is 6.05. The Labute approximate surface area is 218 Å². The summed E-state index contributed by atoms with van der Waals surface area (Å²) in [6, 6.07) is 18.6. The number of unbranched alkanes of at least 4 members (excludes halogenated alkanes) is 2. The molecular weight excluding hydrogens is 487 g/mol. The number of carbonyl (C=O) groups is 1. The van der Waals surface area contributed by atoms with Gasteiger partial charge < -0.3 is 14.0 Å². The van der Waals surface area contributed by atoms with E-state index in [1.54, 1.807) is 24.3 Å². The highest BCUT2D eigenvalue weighted by Crippen LogP contribution is 2.55. The zero-order chi connectivity index (χ0) is 26.6. The highest BCUT2D eigenvalue weighted by atomic mass is 31.2. The lowest BCUT2D eigenvalue weighted by atomic mass is 9.91. The third kappa shape index (κ3) is 6.15. The lowest BCUT2D eigenvalue weighted by Crippen LogP contribution is -2.21. The molecule has 2 unspecified atom stereocenters. The van der Waals surface area contributed by atoms with E-state index in [1.165, 1.54) is 13.8 Å². The molecule has 7 heteroatoms. The number of rotatable bonds is 10. The molecule has 3 aromatic rings. The maximum absolute atomic E-state index is 14.4. The number of hydrogen-bond donors (Lipinski definition) is 0. The van der Waals surface area contributed by atoms with E-state index < -0.39 is 19.9 Å². The van der Waals surface area contributed by atoms with Crippen LogP contribution < -0.4 is 14.6 Å². The van der Waals surface area contributed by atoms with Crippen LogP contribution in [0.3, 0.4) is 0 Å². The van der Waals surface area contributed by atoms with Crippen LogP contribution in [-0.4, -0.2) is 12.3 Å². The molecule has 1 aliphatic heterocycles. The van der Waals surface area contributed by atoms with Crippen molar-refractivity contribution < 1.29 is 27.9 Å². The van der Waals surface area contributed by atoms with E-state index in [0.29, 0.717) is 28.1 Å². The predicted octanol–water partition coefficient (Wildman–Crippen LogP) is 7.58. The van der Waals surface area contributed by atoms with E-state index in [2.05, 4.69) is 13.5 Å². The van der Waals surface area contributed by atoms with Crippen LogP contribution in [0, 0.1) is 6.92 Å². The summed E-state index contributed by atoms with van der Waals surface area (Å²) >= 11 is 0. The van der Waals surface area contributed by atoms with Gasteiger partial charge >= 0.3 is 13.6 Å². The van der Waals surface area contributed by atoms with Gasteiger partial charge in [0, 0.05) is 18.1 Å². The molecule has 4 rings (SSSR count). The SMILES string of the molecule is C=C1Oc2cc(CCCCC)cc(OP(=O)(OC(C)OC(C)=O)c3ccccc3)c2-c2cc(C)ccc21. The van der Waals surface area contributed by atoms with Gasteiger partial charge in [0.1, 0.15) is 17.3 Å². The molecule has 0 spiro atoms. The van der Waals surface area contributed by atoms with Crippen molar-refractivity contribution in [3.8, 4) is 22.6 Å². The minimum atomic E-state index is -4.00. The maximum Gasteiger partial charge on any atom is 0.413 e. The molecule has 0 fully saturated rings. The summed E-state index contributed by atoms with van der Waals surface area (Å²) in [6.45, 7) is 11.1. The van der Waals surface area contributed by atoms with Gasteiger partial charge in [-0.05, 0) is 56.5 Å². The van der Waals surface area contributed by atoms with Crippen LogP contribution in [0.15, 0.2) is 67.2 Å². The molecule has 0 aromatic heterocycles. The van der Waals surface area contributed by atoms with Gasteiger partial charge in [0.15, 0.2) is 0 Å². The molecule has 3 aromatic carbocycles. The third-order valence-electron chi connectivity index (χ3n) is 6.08. The minimum absolute atomic E-state index is 0.352. The first kappa shape index (κ1) is 26.7. The highest BCUT2D eigenvalue weighted by Gasteiger charge is 2.35. The van der Waals surface area contributed by atoms with Crippen LogP contribution >= 0.6 is 7.60 Å². The van der Waals surface area contributed by atoms with E-state index in [0.717, 1.165) is 47.9 Å². The van der Waals surface area contributed by atoms with E-state index in [4.69, 9.17) is 18.5 Å². The Morgan fingerprint density at radius 2 is 1.81 bits per heavy atom. The Morgan fingerprint density at radius 1 is 1.05 bits per heavy atom. The van der Waals surface area contributed by atoms with Crippen LogP contribution in [0.4, 0.5) is 0 Å². The molecule has 194 valence electrons. The van der Waals surface area contributed by atoms with Crippen molar-refractivity contribution in [1.29, 1.82) is 0 Å². The Hall–Kier alpha value is -3.34. The van der Waals surface area contributed by atoms with Gasteiger partial charge in [0.2, 0.25) is 6.29 Å². The summed E-state index contributed by atoms with van der Waals surface area (Å²) in [7, 11) is -4.00. The molecule has 0 amide bonds. The third-order valence-corrected chi connectivity index (χ3v) is 8.02. The van der Waals surface area contributed by atoms with Gasteiger partial charge in [0.05, 0.1) is 10.9 Å². The van der Waals surface area contributed by atoms with Gasteiger partial charge in [-0.3, -0.25) is 9.32 Å². The van der Waals surface area contributed by atoms with Gasteiger partial charge in [-0.1, -0.05) is 68.3 Å². The summed E-state index contributed by atoms with van der Waals surface area (Å²) in [5.41, 5.74) is 4.46. The minimum Gasteiger partial charge on any atom is -0.457 e. The second-order valence-electron chi connectivity index (χ2n) is 9.21. The van der Waals surface area contributed by atoms with Crippen molar-refractivity contribution in [3.05, 3.63) is 83.9 Å². The van der Waals surface area contributed by atoms with Gasteiger partial charge in [-0.2, -0.15) is 0 Å². The largest absolute Gasteiger partial charge is 0.457 e. The Morgan fingerprint density at radius 3 is 2.51 bits per heavy atom. The van der Waals surface area contributed by atoms with E-state index in [1.807, 2.05) is 43.3 Å². The van der Waals surface area contributed by atoms with Crippen molar-refractivity contribution >= 4 is 24.6 Å².